The Bertz CT molecular complexity index is 700. The number of amides is 2. The van der Waals surface area contributed by atoms with Crippen LogP contribution in [0.2, 0.25) is 5.02 Å². The van der Waals surface area contributed by atoms with Crippen molar-refractivity contribution < 1.29 is 14.3 Å². The number of hydrogen-bond donors (Lipinski definition) is 2. The van der Waals surface area contributed by atoms with Gasteiger partial charge in [-0.2, -0.15) is 0 Å². The van der Waals surface area contributed by atoms with Crippen molar-refractivity contribution in [2.75, 3.05) is 17.2 Å². The Morgan fingerprint density at radius 1 is 1.48 bits per heavy atom. The van der Waals surface area contributed by atoms with Gasteiger partial charge in [-0.1, -0.05) is 17.7 Å². The molecule has 0 saturated heterocycles. The number of ether oxygens (including phenoxy) is 1. The van der Waals surface area contributed by atoms with Crippen LogP contribution in [0.15, 0.2) is 29.6 Å². The first-order valence-corrected chi connectivity index (χ1v) is 7.46. The number of halogens is 1. The van der Waals surface area contributed by atoms with Crippen molar-refractivity contribution in [3.05, 3.63) is 39.5 Å². The predicted molar refractivity (Wildman–Crippen MR) is 82.2 cm³/mol. The van der Waals surface area contributed by atoms with Crippen molar-refractivity contribution >= 4 is 46.1 Å². The molecule has 0 fully saturated rings. The molecular formula is C14H11ClN2O3S. The second kappa shape index (κ2) is 5.75. The molecule has 0 bridgehead atoms. The third kappa shape index (κ3) is 3.17. The quantitative estimate of drug-likeness (QED) is 0.913. The first-order valence-electron chi connectivity index (χ1n) is 6.20. The number of thiophene rings is 1. The number of benzene rings is 1. The Morgan fingerprint density at radius 2 is 2.33 bits per heavy atom. The lowest BCUT2D eigenvalue weighted by Crippen LogP contribution is -2.25. The van der Waals surface area contributed by atoms with E-state index in [1.54, 1.807) is 12.1 Å². The lowest BCUT2D eigenvalue weighted by atomic mass is 10.2. The van der Waals surface area contributed by atoms with Gasteiger partial charge in [0.15, 0.2) is 6.61 Å². The van der Waals surface area contributed by atoms with E-state index in [2.05, 4.69) is 10.6 Å². The lowest BCUT2D eigenvalue weighted by Gasteiger charge is -2.19. The van der Waals surface area contributed by atoms with E-state index < -0.39 is 0 Å². The summed E-state index contributed by atoms with van der Waals surface area (Å²) < 4.78 is 5.30. The molecule has 2 N–H and O–H groups in total. The molecule has 7 heteroatoms. The summed E-state index contributed by atoms with van der Waals surface area (Å²) in [7, 11) is 0. The second-order valence-electron chi connectivity index (χ2n) is 4.47. The Labute approximate surface area is 129 Å². The molecule has 1 aromatic carbocycles. The molecular weight excluding hydrogens is 312 g/mol. The van der Waals surface area contributed by atoms with E-state index in [1.165, 1.54) is 11.3 Å². The smallest absolute Gasteiger partial charge is 0.262 e. The molecule has 2 aromatic rings. The van der Waals surface area contributed by atoms with Crippen LogP contribution in [0.4, 0.5) is 11.4 Å². The first-order chi connectivity index (χ1) is 10.1. The molecule has 0 saturated carbocycles. The summed E-state index contributed by atoms with van der Waals surface area (Å²) in [4.78, 5) is 24.2. The van der Waals surface area contributed by atoms with Crippen molar-refractivity contribution in [2.45, 2.75) is 6.42 Å². The molecule has 0 radical (unpaired) electrons. The van der Waals surface area contributed by atoms with Gasteiger partial charge in [0.2, 0.25) is 5.91 Å². The minimum Gasteiger partial charge on any atom is -0.482 e. The highest BCUT2D eigenvalue weighted by Gasteiger charge is 2.19. The number of fused-ring (bicyclic) bond motifs is 1. The third-order valence-corrected chi connectivity index (χ3v) is 4.08. The zero-order valence-electron chi connectivity index (χ0n) is 10.8. The summed E-state index contributed by atoms with van der Waals surface area (Å²) in [5.41, 5.74) is 0.973. The molecule has 0 atom stereocenters. The molecule has 21 heavy (non-hydrogen) atoms. The van der Waals surface area contributed by atoms with Gasteiger partial charge in [-0.3, -0.25) is 9.59 Å². The molecule has 1 aliphatic heterocycles. The van der Waals surface area contributed by atoms with E-state index in [0.717, 1.165) is 4.88 Å². The molecule has 1 aliphatic rings. The number of carbonyl (C=O) groups excluding carboxylic acids is 2. The van der Waals surface area contributed by atoms with E-state index in [9.17, 15) is 9.59 Å². The van der Waals surface area contributed by atoms with Crippen LogP contribution in [0.5, 0.6) is 5.75 Å². The van der Waals surface area contributed by atoms with E-state index >= 15 is 0 Å². The standard InChI is InChI=1S/C14H11ClN2O3S/c15-9-5-11-12(20-7-14(19)17-11)6-10(9)16-13(18)4-8-2-1-3-21-8/h1-3,5-6H,4,7H2,(H,16,18)(H,17,19). The topological polar surface area (TPSA) is 67.4 Å². The SMILES string of the molecule is O=C(Cc1cccs1)Nc1cc2c(cc1Cl)NC(=O)CO2. The van der Waals surface area contributed by atoms with Gasteiger partial charge in [0.05, 0.1) is 22.8 Å². The zero-order chi connectivity index (χ0) is 14.8. The lowest BCUT2D eigenvalue weighted by molar-refractivity contribution is -0.118. The summed E-state index contributed by atoms with van der Waals surface area (Å²) in [6.45, 7) is -0.0444. The monoisotopic (exact) mass is 322 g/mol. The third-order valence-electron chi connectivity index (χ3n) is 2.89. The Morgan fingerprint density at radius 3 is 3.10 bits per heavy atom. The Hall–Kier alpha value is -2.05. The fraction of sp³-hybridized carbons (Fsp3) is 0.143. The van der Waals surface area contributed by atoms with Crippen LogP contribution in [0.3, 0.4) is 0 Å². The maximum Gasteiger partial charge on any atom is 0.262 e. The maximum absolute atomic E-state index is 12.0. The van der Waals surface area contributed by atoms with E-state index in [0.29, 0.717) is 28.6 Å². The van der Waals surface area contributed by atoms with Gasteiger partial charge in [-0.15, -0.1) is 11.3 Å². The first kappa shape index (κ1) is 13.9. The van der Waals surface area contributed by atoms with Crippen molar-refractivity contribution in [1.29, 1.82) is 0 Å². The summed E-state index contributed by atoms with van der Waals surface area (Å²) in [5, 5.41) is 7.68. The van der Waals surface area contributed by atoms with Gasteiger partial charge >= 0.3 is 0 Å². The summed E-state index contributed by atoms with van der Waals surface area (Å²) in [6.07, 6.45) is 0.294. The number of anilines is 2. The molecule has 0 unspecified atom stereocenters. The minimum absolute atomic E-state index is 0.0444. The van der Waals surface area contributed by atoms with Gasteiger partial charge in [0.25, 0.3) is 5.91 Å². The number of rotatable bonds is 3. The highest BCUT2D eigenvalue weighted by Crippen LogP contribution is 2.36. The van der Waals surface area contributed by atoms with Crippen LogP contribution < -0.4 is 15.4 Å². The molecule has 5 nitrogen and oxygen atoms in total. The van der Waals surface area contributed by atoms with E-state index in [4.69, 9.17) is 16.3 Å². The van der Waals surface area contributed by atoms with Gasteiger partial charge in [0, 0.05) is 10.9 Å². The van der Waals surface area contributed by atoms with Crippen molar-refractivity contribution in [3.63, 3.8) is 0 Å². The summed E-state index contributed by atoms with van der Waals surface area (Å²) in [6, 6.07) is 6.98. The minimum atomic E-state index is -0.229. The fourth-order valence-corrected chi connectivity index (χ4v) is 2.88. The Balaban J connectivity index is 1.76. The second-order valence-corrected chi connectivity index (χ2v) is 5.91. The van der Waals surface area contributed by atoms with Gasteiger partial charge in [-0.05, 0) is 17.5 Å². The van der Waals surface area contributed by atoms with Gasteiger partial charge in [0.1, 0.15) is 5.75 Å². The van der Waals surface area contributed by atoms with E-state index in [-0.39, 0.29) is 18.4 Å². The van der Waals surface area contributed by atoms with Crippen LogP contribution in [-0.4, -0.2) is 18.4 Å². The van der Waals surface area contributed by atoms with Crippen LogP contribution in [-0.2, 0) is 16.0 Å². The van der Waals surface area contributed by atoms with Crippen molar-refractivity contribution in [3.8, 4) is 5.75 Å². The highest BCUT2D eigenvalue weighted by molar-refractivity contribution is 7.10. The molecule has 2 heterocycles. The molecule has 1 aromatic heterocycles. The van der Waals surface area contributed by atoms with Crippen molar-refractivity contribution in [2.24, 2.45) is 0 Å². The van der Waals surface area contributed by atoms with Gasteiger partial charge in [-0.25, -0.2) is 0 Å². The summed E-state index contributed by atoms with van der Waals surface area (Å²) >= 11 is 7.64. The highest BCUT2D eigenvalue weighted by atomic mass is 35.5. The Kier molecular flexibility index (Phi) is 3.81. The van der Waals surface area contributed by atoms with Crippen LogP contribution in [0.1, 0.15) is 4.88 Å². The predicted octanol–water partition coefficient (Wildman–Crippen LogP) is 2.91. The molecule has 0 aliphatic carbocycles. The van der Waals surface area contributed by atoms with Crippen LogP contribution in [0.25, 0.3) is 0 Å². The number of nitrogens with one attached hydrogen (secondary N) is 2. The van der Waals surface area contributed by atoms with Crippen LogP contribution in [0, 0.1) is 0 Å². The summed E-state index contributed by atoms with van der Waals surface area (Å²) in [5.74, 6) is 0.109. The molecule has 3 rings (SSSR count). The van der Waals surface area contributed by atoms with Crippen LogP contribution >= 0.6 is 22.9 Å². The molecule has 2 amide bonds. The average Bonchev–Trinajstić information content (AvgIpc) is 2.92. The largest absolute Gasteiger partial charge is 0.482 e. The number of carbonyl (C=O) groups is 2. The average molecular weight is 323 g/mol. The normalized spacial score (nSPS) is 13.1. The fourth-order valence-electron chi connectivity index (χ4n) is 1.96. The zero-order valence-corrected chi connectivity index (χ0v) is 12.4. The van der Waals surface area contributed by atoms with E-state index in [1.807, 2.05) is 17.5 Å². The molecule has 0 spiro atoms. The van der Waals surface area contributed by atoms with Crippen molar-refractivity contribution in [1.82, 2.24) is 0 Å². The van der Waals surface area contributed by atoms with Gasteiger partial charge < -0.3 is 15.4 Å². The number of hydrogen-bond acceptors (Lipinski definition) is 4. The maximum atomic E-state index is 12.0. The molecule has 108 valence electrons.